The molecule has 0 fully saturated rings. The van der Waals surface area contributed by atoms with Crippen LogP contribution in [0.2, 0.25) is 0 Å². The Labute approximate surface area is 132 Å². The predicted octanol–water partition coefficient (Wildman–Crippen LogP) is 1.31. The van der Waals surface area contributed by atoms with Crippen molar-refractivity contribution in [1.82, 2.24) is 29.7 Å². The highest BCUT2D eigenvalue weighted by molar-refractivity contribution is 5.04. The summed E-state index contributed by atoms with van der Waals surface area (Å²) in [6, 6.07) is 1.91. The van der Waals surface area contributed by atoms with Gasteiger partial charge in [0, 0.05) is 43.8 Å². The standard InChI is InChI=1S/C16H24N6/c1-13-5-7-18-16(19-13)12-22(4)8-6-14-9-17-10-15(20-14)11-21(2)3/h5,7,9-10H,6,8,11-12H2,1-4H3. The summed E-state index contributed by atoms with van der Waals surface area (Å²) in [7, 11) is 6.14. The van der Waals surface area contributed by atoms with Gasteiger partial charge in [-0.3, -0.25) is 14.9 Å². The van der Waals surface area contributed by atoms with Gasteiger partial charge < -0.3 is 4.90 Å². The lowest BCUT2D eigenvalue weighted by molar-refractivity contribution is 0.320. The summed E-state index contributed by atoms with van der Waals surface area (Å²) in [5, 5.41) is 0. The first-order valence-corrected chi connectivity index (χ1v) is 7.44. The Morgan fingerprint density at radius 1 is 1.00 bits per heavy atom. The van der Waals surface area contributed by atoms with Crippen molar-refractivity contribution in [3.63, 3.8) is 0 Å². The molecule has 118 valence electrons. The number of nitrogens with zero attached hydrogens (tertiary/aromatic N) is 6. The molecule has 6 heteroatoms. The van der Waals surface area contributed by atoms with Gasteiger partial charge in [-0.25, -0.2) is 9.97 Å². The summed E-state index contributed by atoms with van der Waals surface area (Å²) in [5.74, 6) is 0.856. The molecule has 0 atom stereocenters. The van der Waals surface area contributed by atoms with Gasteiger partial charge in [-0.1, -0.05) is 0 Å². The van der Waals surface area contributed by atoms with Crippen molar-refractivity contribution in [2.75, 3.05) is 27.7 Å². The topological polar surface area (TPSA) is 58.0 Å². The third-order valence-corrected chi connectivity index (χ3v) is 3.22. The van der Waals surface area contributed by atoms with Crippen LogP contribution in [0.5, 0.6) is 0 Å². The summed E-state index contributed by atoms with van der Waals surface area (Å²) in [5.41, 5.74) is 3.03. The molecule has 0 saturated heterocycles. The summed E-state index contributed by atoms with van der Waals surface area (Å²) in [6.45, 7) is 4.44. The molecule has 0 unspecified atom stereocenters. The molecular formula is C16H24N6. The second kappa shape index (κ2) is 7.91. The molecule has 0 bridgehead atoms. The lowest BCUT2D eigenvalue weighted by Crippen LogP contribution is -2.22. The zero-order valence-electron chi connectivity index (χ0n) is 13.8. The Morgan fingerprint density at radius 2 is 1.77 bits per heavy atom. The number of likely N-dealkylation sites (N-methyl/N-ethyl adjacent to an activating group) is 1. The first-order valence-electron chi connectivity index (χ1n) is 7.44. The van der Waals surface area contributed by atoms with E-state index in [1.165, 1.54) is 0 Å². The van der Waals surface area contributed by atoms with Crippen LogP contribution >= 0.6 is 0 Å². The maximum absolute atomic E-state index is 4.64. The van der Waals surface area contributed by atoms with Crippen LogP contribution in [-0.2, 0) is 19.5 Å². The fourth-order valence-corrected chi connectivity index (χ4v) is 2.18. The normalized spacial score (nSPS) is 11.4. The van der Waals surface area contributed by atoms with Crippen molar-refractivity contribution in [3.8, 4) is 0 Å². The van der Waals surface area contributed by atoms with Crippen molar-refractivity contribution in [3.05, 3.63) is 47.6 Å². The van der Waals surface area contributed by atoms with E-state index in [2.05, 4.69) is 36.8 Å². The first-order chi connectivity index (χ1) is 10.5. The number of aryl methyl sites for hydroxylation is 1. The lowest BCUT2D eigenvalue weighted by atomic mass is 10.3. The Balaban J connectivity index is 1.87. The zero-order chi connectivity index (χ0) is 15.9. The average Bonchev–Trinajstić information content (AvgIpc) is 2.45. The van der Waals surface area contributed by atoms with Crippen LogP contribution in [0.1, 0.15) is 22.9 Å². The summed E-state index contributed by atoms with van der Waals surface area (Å²) >= 11 is 0. The molecule has 0 radical (unpaired) electrons. The molecule has 6 nitrogen and oxygen atoms in total. The molecule has 2 heterocycles. The highest BCUT2D eigenvalue weighted by Crippen LogP contribution is 2.03. The molecule has 0 aliphatic carbocycles. The number of aromatic nitrogens is 4. The minimum atomic E-state index is 0.743. The van der Waals surface area contributed by atoms with Gasteiger partial charge in [0.25, 0.3) is 0 Å². The molecular weight excluding hydrogens is 276 g/mol. The molecule has 0 aliphatic rings. The van der Waals surface area contributed by atoms with Gasteiger partial charge in [0.1, 0.15) is 5.82 Å². The third kappa shape index (κ3) is 5.46. The van der Waals surface area contributed by atoms with E-state index in [0.29, 0.717) is 0 Å². The van der Waals surface area contributed by atoms with E-state index in [9.17, 15) is 0 Å². The van der Waals surface area contributed by atoms with E-state index in [0.717, 1.165) is 49.0 Å². The van der Waals surface area contributed by atoms with Gasteiger partial charge in [-0.05, 0) is 34.1 Å². The van der Waals surface area contributed by atoms with Crippen molar-refractivity contribution >= 4 is 0 Å². The lowest BCUT2D eigenvalue weighted by Gasteiger charge is -2.15. The first kappa shape index (κ1) is 16.5. The fraction of sp³-hybridized carbons (Fsp3) is 0.500. The molecule has 2 aromatic heterocycles. The summed E-state index contributed by atoms with van der Waals surface area (Å²) in [6.07, 6.45) is 6.35. The van der Waals surface area contributed by atoms with Gasteiger partial charge in [-0.15, -0.1) is 0 Å². The Hall–Kier alpha value is -1.92. The number of hydrogen-bond donors (Lipinski definition) is 0. The van der Waals surface area contributed by atoms with E-state index in [4.69, 9.17) is 0 Å². The number of rotatable bonds is 7. The van der Waals surface area contributed by atoms with E-state index >= 15 is 0 Å². The summed E-state index contributed by atoms with van der Waals surface area (Å²) < 4.78 is 0. The molecule has 0 spiro atoms. The monoisotopic (exact) mass is 300 g/mol. The molecule has 2 aromatic rings. The Kier molecular flexibility index (Phi) is 5.91. The van der Waals surface area contributed by atoms with Crippen LogP contribution in [-0.4, -0.2) is 57.4 Å². The van der Waals surface area contributed by atoms with Crippen molar-refractivity contribution < 1.29 is 0 Å². The Morgan fingerprint density at radius 3 is 2.50 bits per heavy atom. The molecule has 22 heavy (non-hydrogen) atoms. The minimum absolute atomic E-state index is 0.743. The maximum atomic E-state index is 4.64. The van der Waals surface area contributed by atoms with Crippen molar-refractivity contribution in [2.24, 2.45) is 0 Å². The van der Waals surface area contributed by atoms with Crippen LogP contribution in [0.3, 0.4) is 0 Å². The van der Waals surface area contributed by atoms with Crippen LogP contribution in [0.4, 0.5) is 0 Å². The third-order valence-electron chi connectivity index (χ3n) is 3.22. The van der Waals surface area contributed by atoms with Gasteiger partial charge in [0.2, 0.25) is 0 Å². The molecule has 0 amide bonds. The fourth-order valence-electron chi connectivity index (χ4n) is 2.18. The quantitative estimate of drug-likeness (QED) is 0.768. The summed E-state index contributed by atoms with van der Waals surface area (Å²) in [4.78, 5) is 21.9. The molecule has 0 N–H and O–H groups in total. The van der Waals surface area contributed by atoms with Gasteiger partial charge in [0.15, 0.2) is 0 Å². The number of hydrogen-bond acceptors (Lipinski definition) is 6. The zero-order valence-corrected chi connectivity index (χ0v) is 13.8. The van der Waals surface area contributed by atoms with E-state index < -0.39 is 0 Å². The Bertz CT molecular complexity index is 599. The highest BCUT2D eigenvalue weighted by Gasteiger charge is 2.06. The molecule has 2 rings (SSSR count). The molecule has 0 aliphatic heterocycles. The second-order valence-electron chi connectivity index (χ2n) is 5.84. The van der Waals surface area contributed by atoms with Gasteiger partial charge >= 0.3 is 0 Å². The smallest absolute Gasteiger partial charge is 0.142 e. The highest BCUT2D eigenvalue weighted by atomic mass is 15.1. The van der Waals surface area contributed by atoms with Crippen LogP contribution in [0.25, 0.3) is 0 Å². The van der Waals surface area contributed by atoms with Crippen molar-refractivity contribution in [2.45, 2.75) is 26.4 Å². The van der Waals surface area contributed by atoms with E-state index in [1.54, 1.807) is 0 Å². The molecule has 0 aromatic carbocycles. The largest absolute Gasteiger partial charge is 0.304 e. The maximum Gasteiger partial charge on any atom is 0.142 e. The van der Waals surface area contributed by atoms with Gasteiger partial charge in [0.05, 0.1) is 17.9 Å². The predicted molar refractivity (Wildman–Crippen MR) is 86.2 cm³/mol. The van der Waals surface area contributed by atoms with E-state index in [1.807, 2.05) is 45.7 Å². The van der Waals surface area contributed by atoms with Crippen molar-refractivity contribution in [1.29, 1.82) is 0 Å². The van der Waals surface area contributed by atoms with Crippen LogP contribution in [0.15, 0.2) is 24.7 Å². The van der Waals surface area contributed by atoms with Crippen LogP contribution < -0.4 is 0 Å². The molecule has 0 saturated carbocycles. The van der Waals surface area contributed by atoms with E-state index in [-0.39, 0.29) is 0 Å². The van der Waals surface area contributed by atoms with Crippen LogP contribution in [0, 0.1) is 6.92 Å². The minimum Gasteiger partial charge on any atom is -0.304 e. The average molecular weight is 300 g/mol. The van der Waals surface area contributed by atoms with Gasteiger partial charge in [-0.2, -0.15) is 0 Å². The second-order valence-corrected chi connectivity index (χ2v) is 5.84. The SMILES string of the molecule is Cc1ccnc(CN(C)CCc2cncc(CN(C)C)n2)n1.